The van der Waals surface area contributed by atoms with Gasteiger partial charge >= 0.3 is 5.97 Å². The normalized spacial score (nSPS) is 12.9. The number of esters is 1. The summed E-state index contributed by atoms with van der Waals surface area (Å²) in [4.78, 5) is 37.8. The van der Waals surface area contributed by atoms with Crippen molar-refractivity contribution >= 4 is 34.8 Å². The summed E-state index contributed by atoms with van der Waals surface area (Å²) in [5.41, 5.74) is 2.61. The smallest absolute Gasteiger partial charge is 0.329 e. The Morgan fingerprint density at radius 1 is 1.07 bits per heavy atom. The van der Waals surface area contributed by atoms with Crippen LogP contribution in [-0.4, -0.2) is 29.9 Å². The highest BCUT2D eigenvalue weighted by Gasteiger charge is 2.29. The van der Waals surface area contributed by atoms with Crippen molar-refractivity contribution in [1.29, 1.82) is 0 Å². The van der Waals surface area contributed by atoms with Gasteiger partial charge in [0, 0.05) is 5.69 Å². The Morgan fingerprint density at radius 2 is 1.79 bits per heavy atom. The second-order valence-electron chi connectivity index (χ2n) is 7.06. The number of carbonyl (C=O) groups excluding carboxylic acids is 3. The number of carbonyl (C=O) groups is 3. The van der Waals surface area contributed by atoms with E-state index in [1.807, 2.05) is 45.9 Å². The molecule has 0 fully saturated rings. The highest BCUT2D eigenvalue weighted by molar-refractivity contribution is 7.12. The largest absolute Gasteiger partial charge is 0.451 e. The molecule has 0 aliphatic heterocycles. The molecule has 150 valence electrons. The van der Waals surface area contributed by atoms with Crippen molar-refractivity contribution in [3.8, 4) is 0 Å². The van der Waals surface area contributed by atoms with Crippen molar-refractivity contribution < 1.29 is 19.1 Å². The van der Waals surface area contributed by atoms with Crippen molar-refractivity contribution in [2.45, 2.75) is 46.8 Å². The van der Waals surface area contributed by atoms with Gasteiger partial charge in [0.05, 0.1) is 4.88 Å². The number of aryl methyl sites for hydroxylation is 2. The van der Waals surface area contributed by atoms with Gasteiger partial charge in [-0.1, -0.05) is 32.0 Å². The van der Waals surface area contributed by atoms with E-state index in [-0.39, 0.29) is 11.8 Å². The fourth-order valence-electron chi connectivity index (χ4n) is 2.52. The number of amides is 2. The highest BCUT2D eigenvalue weighted by atomic mass is 32.1. The molecular formula is C21H26N2O4S. The molecule has 28 heavy (non-hydrogen) atoms. The van der Waals surface area contributed by atoms with Crippen LogP contribution >= 0.6 is 11.3 Å². The van der Waals surface area contributed by atoms with E-state index in [1.165, 1.54) is 18.3 Å². The van der Waals surface area contributed by atoms with Crippen LogP contribution < -0.4 is 10.6 Å². The van der Waals surface area contributed by atoms with Crippen LogP contribution in [0.25, 0.3) is 0 Å². The van der Waals surface area contributed by atoms with E-state index >= 15 is 0 Å². The van der Waals surface area contributed by atoms with Gasteiger partial charge in [0.2, 0.25) is 0 Å². The first-order valence-electron chi connectivity index (χ1n) is 9.12. The molecule has 0 spiro atoms. The number of thiophene rings is 1. The third kappa shape index (κ3) is 5.66. The summed E-state index contributed by atoms with van der Waals surface area (Å²) in [6.07, 6.45) is -0.993. The maximum absolute atomic E-state index is 12.6. The van der Waals surface area contributed by atoms with E-state index in [4.69, 9.17) is 4.74 Å². The van der Waals surface area contributed by atoms with E-state index in [1.54, 1.807) is 17.5 Å². The van der Waals surface area contributed by atoms with Gasteiger partial charge in [-0.05, 0) is 55.3 Å². The average molecular weight is 403 g/mol. The molecule has 2 N–H and O–H groups in total. The number of hydrogen-bond donors (Lipinski definition) is 2. The number of hydrogen-bond acceptors (Lipinski definition) is 5. The van der Waals surface area contributed by atoms with Gasteiger partial charge in [-0.3, -0.25) is 9.59 Å². The van der Waals surface area contributed by atoms with Crippen LogP contribution in [-0.2, 0) is 14.3 Å². The lowest BCUT2D eigenvalue weighted by molar-refractivity contribution is -0.156. The van der Waals surface area contributed by atoms with Crippen LogP contribution in [0.5, 0.6) is 0 Å². The molecule has 2 aromatic rings. The molecule has 0 bridgehead atoms. The van der Waals surface area contributed by atoms with Gasteiger partial charge in [0.25, 0.3) is 11.8 Å². The first-order chi connectivity index (χ1) is 13.2. The minimum Gasteiger partial charge on any atom is -0.451 e. The number of anilines is 1. The molecule has 0 unspecified atom stereocenters. The molecule has 1 aromatic heterocycles. The maximum Gasteiger partial charge on any atom is 0.329 e. The lowest BCUT2D eigenvalue weighted by Gasteiger charge is -2.23. The Labute approximate surface area is 169 Å². The molecule has 2 rings (SSSR count). The first-order valence-corrected chi connectivity index (χ1v) is 10.00. The zero-order chi connectivity index (χ0) is 20.8. The fraction of sp³-hybridized carbons (Fsp3) is 0.381. The van der Waals surface area contributed by atoms with E-state index < -0.39 is 24.0 Å². The summed E-state index contributed by atoms with van der Waals surface area (Å²) < 4.78 is 5.33. The van der Waals surface area contributed by atoms with Crippen LogP contribution in [0.3, 0.4) is 0 Å². The second-order valence-corrected chi connectivity index (χ2v) is 8.01. The Bertz CT molecular complexity index is 846. The third-order valence-corrected chi connectivity index (χ3v) is 5.13. The molecular weight excluding hydrogens is 376 g/mol. The highest BCUT2D eigenvalue weighted by Crippen LogP contribution is 2.17. The molecule has 1 aromatic carbocycles. The Hall–Kier alpha value is -2.67. The zero-order valence-electron chi connectivity index (χ0n) is 16.7. The van der Waals surface area contributed by atoms with Crippen LogP contribution in [0.4, 0.5) is 5.69 Å². The average Bonchev–Trinajstić information content (AvgIpc) is 3.16. The minimum atomic E-state index is -0.993. The van der Waals surface area contributed by atoms with E-state index in [0.717, 1.165) is 11.1 Å². The predicted octanol–water partition coefficient (Wildman–Crippen LogP) is 3.69. The minimum absolute atomic E-state index is 0.189. The number of rotatable bonds is 7. The van der Waals surface area contributed by atoms with Crippen molar-refractivity contribution in [3.63, 3.8) is 0 Å². The van der Waals surface area contributed by atoms with Crippen molar-refractivity contribution in [3.05, 3.63) is 51.7 Å². The molecule has 0 saturated heterocycles. The molecule has 0 aliphatic rings. The SMILES string of the molecule is Cc1ccc(C)c(NC(=O)[C@H](C)OC(=O)[C@@H](NC(=O)c2cccs2)C(C)C)c1. The third-order valence-electron chi connectivity index (χ3n) is 4.27. The molecule has 1 heterocycles. The zero-order valence-corrected chi connectivity index (χ0v) is 17.6. The van der Waals surface area contributed by atoms with Crippen LogP contribution in [0.1, 0.15) is 41.6 Å². The molecule has 0 aliphatic carbocycles. The maximum atomic E-state index is 12.6. The Kier molecular flexibility index (Phi) is 7.34. The van der Waals surface area contributed by atoms with Crippen LogP contribution in [0, 0.1) is 19.8 Å². The lowest BCUT2D eigenvalue weighted by Crippen LogP contribution is -2.47. The van der Waals surface area contributed by atoms with E-state index in [0.29, 0.717) is 10.6 Å². The van der Waals surface area contributed by atoms with Crippen LogP contribution in [0.2, 0.25) is 0 Å². The van der Waals surface area contributed by atoms with Crippen molar-refractivity contribution in [1.82, 2.24) is 5.32 Å². The summed E-state index contributed by atoms with van der Waals surface area (Å²) in [6.45, 7) is 8.95. The van der Waals surface area contributed by atoms with Crippen molar-refractivity contribution in [2.75, 3.05) is 5.32 Å². The molecule has 7 heteroatoms. The lowest BCUT2D eigenvalue weighted by atomic mass is 10.0. The van der Waals surface area contributed by atoms with Gasteiger partial charge in [0.15, 0.2) is 6.10 Å². The topological polar surface area (TPSA) is 84.5 Å². The van der Waals surface area contributed by atoms with Crippen LogP contribution in [0.15, 0.2) is 35.7 Å². The van der Waals surface area contributed by atoms with Gasteiger partial charge in [-0.2, -0.15) is 0 Å². The quantitative estimate of drug-likeness (QED) is 0.692. The van der Waals surface area contributed by atoms with Crippen molar-refractivity contribution in [2.24, 2.45) is 5.92 Å². The van der Waals surface area contributed by atoms with Gasteiger partial charge in [-0.25, -0.2) is 4.79 Å². The fourth-order valence-corrected chi connectivity index (χ4v) is 3.15. The molecule has 2 amide bonds. The predicted molar refractivity (Wildman–Crippen MR) is 111 cm³/mol. The van der Waals surface area contributed by atoms with Gasteiger partial charge < -0.3 is 15.4 Å². The number of ether oxygens (including phenoxy) is 1. The standard InChI is InChI=1S/C21H26N2O4S/c1-12(2)18(23-20(25)17-7-6-10-28-17)21(26)27-15(5)19(24)22-16-11-13(3)8-9-14(16)4/h6-12,15,18H,1-5H3,(H,22,24)(H,23,25)/t15-,18-/m0/s1. The summed E-state index contributed by atoms with van der Waals surface area (Å²) in [7, 11) is 0. The summed E-state index contributed by atoms with van der Waals surface area (Å²) >= 11 is 1.29. The van der Waals surface area contributed by atoms with E-state index in [2.05, 4.69) is 10.6 Å². The summed E-state index contributed by atoms with van der Waals surface area (Å²) in [6, 6.07) is 8.34. The van der Waals surface area contributed by atoms with E-state index in [9.17, 15) is 14.4 Å². The molecule has 0 saturated carbocycles. The Balaban J connectivity index is 2.00. The number of benzene rings is 1. The molecule has 0 radical (unpaired) electrons. The Morgan fingerprint density at radius 3 is 2.39 bits per heavy atom. The monoisotopic (exact) mass is 402 g/mol. The van der Waals surface area contributed by atoms with Gasteiger partial charge in [-0.15, -0.1) is 11.3 Å². The first kappa shape index (κ1) is 21.6. The molecule has 6 nitrogen and oxygen atoms in total. The second kappa shape index (κ2) is 9.50. The molecule has 2 atom stereocenters. The van der Waals surface area contributed by atoms with Gasteiger partial charge in [0.1, 0.15) is 6.04 Å². The number of nitrogens with one attached hydrogen (secondary N) is 2. The summed E-state index contributed by atoms with van der Waals surface area (Å²) in [5.74, 6) is -1.58. The summed E-state index contributed by atoms with van der Waals surface area (Å²) in [5, 5.41) is 7.27.